The lowest BCUT2D eigenvalue weighted by atomic mass is 10.1. The summed E-state index contributed by atoms with van der Waals surface area (Å²) in [5.41, 5.74) is -0.301. The van der Waals surface area contributed by atoms with Gasteiger partial charge >= 0.3 is 12.2 Å². The summed E-state index contributed by atoms with van der Waals surface area (Å²) in [6.45, 7) is 1.77. The van der Waals surface area contributed by atoms with Crippen LogP contribution in [0.15, 0.2) is 18.2 Å². The SMILES string of the molecule is CCC(CCO)NC(=O)Nc1cc(C(F)(F)F)ccc1N(C)C. The third-order valence-corrected chi connectivity index (χ3v) is 3.36. The number of hydrogen-bond acceptors (Lipinski definition) is 3. The Balaban J connectivity index is 2.98. The quantitative estimate of drug-likeness (QED) is 0.750. The molecular formula is C15H22F3N3O2. The second kappa shape index (κ2) is 8.05. The van der Waals surface area contributed by atoms with Crippen molar-refractivity contribution in [2.45, 2.75) is 32.0 Å². The molecule has 23 heavy (non-hydrogen) atoms. The summed E-state index contributed by atoms with van der Waals surface area (Å²) in [6, 6.07) is 2.34. The molecule has 1 unspecified atom stereocenters. The van der Waals surface area contributed by atoms with Gasteiger partial charge in [-0.2, -0.15) is 13.2 Å². The smallest absolute Gasteiger partial charge is 0.396 e. The number of hydrogen-bond donors (Lipinski definition) is 3. The highest BCUT2D eigenvalue weighted by Crippen LogP contribution is 2.34. The van der Waals surface area contributed by atoms with E-state index in [9.17, 15) is 18.0 Å². The van der Waals surface area contributed by atoms with Gasteiger partial charge in [-0.15, -0.1) is 0 Å². The highest BCUT2D eigenvalue weighted by molar-refractivity contribution is 5.93. The van der Waals surface area contributed by atoms with E-state index >= 15 is 0 Å². The summed E-state index contributed by atoms with van der Waals surface area (Å²) >= 11 is 0. The molecule has 0 aromatic heterocycles. The van der Waals surface area contributed by atoms with Crippen LogP contribution in [0.3, 0.4) is 0 Å². The van der Waals surface area contributed by atoms with Gasteiger partial charge in [0.25, 0.3) is 0 Å². The van der Waals surface area contributed by atoms with Gasteiger partial charge in [0.1, 0.15) is 0 Å². The molecule has 1 aromatic rings. The summed E-state index contributed by atoms with van der Waals surface area (Å²) in [7, 11) is 3.35. The molecular weight excluding hydrogens is 311 g/mol. The van der Waals surface area contributed by atoms with Crippen LogP contribution in [-0.2, 0) is 6.18 Å². The maximum absolute atomic E-state index is 12.8. The van der Waals surface area contributed by atoms with E-state index in [4.69, 9.17) is 5.11 Å². The van der Waals surface area contributed by atoms with Crippen LogP contribution < -0.4 is 15.5 Å². The molecule has 2 amide bonds. The third-order valence-electron chi connectivity index (χ3n) is 3.36. The molecule has 1 rings (SSSR count). The average molecular weight is 333 g/mol. The monoisotopic (exact) mass is 333 g/mol. The molecule has 0 saturated heterocycles. The number of alkyl halides is 3. The maximum atomic E-state index is 12.8. The highest BCUT2D eigenvalue weighted by Gasteiger charge is 2.31. The van der Waals surface area contributed by atoms with E-state index in [2.05, 4.69) is 10.6 Å². The normalized spacial score (nSPS) is 12.7. The number of halogens is 3. The van der Waals surface area contributed by atoms with Crippen LogP contribution in [0.2, 0.25) is 0 Å². The first-order valence-corrected chi connectivity index (χ1v) is 7.26. The molecule has 3 N–H and O–H groups in total. The fourth-order valence-corrected chi connectivity index (χ4v) is 2.08. The zero-order chi connectivity index (χ0) is 17.6. The first-order chi connectivity index (χ1) is 10.7. The summed E-state index contributed by atoms with van der Waals surface area (Å²) < 4.78 is 38.5. The van der Waals surface area contributed by atoms with Crippen LogP contribution in [0, 0.1) is 0 Å². The molecule has 130 valence electrons. The Hall–Kier alpha value is -1.96. The minimum atomic E-state index is -4.49. The number of benzene rings is 1. The summed E-state index contributed by atoms with van der Waals surface area (Å²) in [6.07, 6.45) is -3.50. The molecule has 0 aliphatic heterocycles. The number of amides is 2. The third kappa shape index (κ3) is 5.63. The highest BCUT2D eigenvalue weighted by atomic mass is 19.4. The first-order valence-electron chi connectivity index (χ1n) is 7.26. The van der Waals surface area contributed by atoms with E-state index < -0.39 is 17.8 Å². The molecule has 1 aromatic carbocycles. The molecule has 0 fully saturated rings. The largest absolute Gasteiger partial charge is 0.416 e. The summed E-state index contributed by atoms with van der Waals surface area (Å²) in [5.74, 6) is 0. The summed E-state index contributed by atoms with van der Waals surface area (Å²) in [5, 5.41) is 14.0. The lowest BCUT2D eigenvalue weighted by Crippen LogP contribution is -2.38. The Morgan fingerprint density at radius 2 is 2.00 bits per heavy atom. The first kappa shape index (κ1) is 19.1. The molecule has 1 atom stereocenters. The van der Waals surface area contributed by atoms with Crippen LogP contribution >= 0.6 is 0 Å². The van der Waals surface area contributed by atoms with Crippen LogP contribution in [0.5, 0.6) is 0 Å². The number of nitrogens with zero attached hydrogens (tertiary/aromatic N) is 1. The predicted molar refractivity (Wildman–Crippen MR) is 83.7 cm³/mol. The minimum Gasteiger partial charge on any atom is -0.396 e. The topological polar surface area (TPSA) is 64.6 Å². The standard InChI is InChI=1S/C15H22F3N3O2/c1-4-11(7-8-22)19-14(23)20-12-9-10(15(16,17)18)5-6-13(12)21(2)3/h5-6,9,11,22H,4,7-8H2,1-3H3,(H2,19,20,23). The number of carbonyl (C=O) groups excluding carboxylic acids is 1. The van der Waals surface area contributed by atoms with Gasteiger partial charge in [0, 0.05) is 26.7 Å². The molecule has 0 bridgehead atoms. The molecule has 0 heterocycles. The van der Waals surface area contributed by atoms with Crippen molar-refractivity contribution in [2.24, 2.45) is 0 Å². The fraction of sp³-hybridized carbons (Fsp3) is 0.533. The van der Waals surface area contributed by atoms with Crippen molar-refractivity contribution < 1.29 is 23.1 Å². The molecule has 0 radical (unpaired) electrons. The number of carbonyl (C=O) groups is 1. The van der Waals surface area contributed by atoms with Gasteiger partial charge in [-0.1, -0.05) is 6.92 Å². The van der Waals surface area contributed by atoms with Gasteiger partial charge in [-0.25, -0.2) is 4.79 Å². The van der Waals surface area contributed by atoms with Crippen LogP contribution in [0.4, 0.5) is 29.3 Å². The van der Waals surface area contributed by atoms with Crippen LogP contribution in [0.1, 0.15) is 25.3 Å². The van der Waals surface area contributed by atoms with Crippen molar-refractivity contribution in [3.63, 3.8) is 0 Å². The van der Waals surface area contributed by atoms with Crippen molar-refractivity contribution in [1.29, 1.82) is 0 Å². The van der Waals surface area contributed by atoms with Crippen molar-refractivity contribution in [3.8, 4) is 0 Å². The number of aliphatic hydroxyl groups is 1. The Bertz CT molecular complexity index is 533. The van der Waals surface area contributed by atoms with E-state index in [1.54, 1.807) is 19.0 Å². The predicted octanol–water partition coefficient (Wildman–Crippen LogP) is 3.05. The second-order valence-electron chi connectivity index (χ2n) is 5.34. The van der Waals surface area contributed by atoms with E-state index in [0.717, 1.165) is 12.1 Å². The fourth-order valence-electron chi connectivity index (χ4n) is 2.08. The van der Waals surface area contributed by atoms with Crippen molar-refractivity contribution in [1.82, 2.24) is 5.32 Å². The lowest BCUT2D eigenvalue weighted by Gasteiger charge is -2.21. The zero-order valence-corrected chi connectivity index (χ0v) is 13.4. The van der Waals surface area contributed by atoms with Gasteiger partial charge in [-0.05, 0) is 31.0 Å². The van der Waals surface area contributed by atoms with E-state index in [0.29, 0.717) is 18.5 Å². The number of nitrogens with one attached hydrogen (secondary N) is 2. The molecule has 0 aliphatic rings. The summed E-state index contributed by atoms with van der Waals surface area (Å²) in [4.78, 5) is 13.6. The number of anilines is 2. The van der Waals surface area contributed by atoms with Crippen molar-refractivity contribution in [3.05, 3.63) is 23.8 Å². The van der Waals surface area contributed by atoms with Gasteiger partial charge in [0.2, 0.25) is 0 Å². The Morgan fingerprint density at radius 1 is 1.35 bits per heavy atom. The van der Waals surface area contributed by atoms with Crippen molar-refractivity contribution in [2.75, 3.05) is 30.9 Å². The van der Waals surface area contributed by atoms with Gasteiger partial charge in [0.05, 0.1) is 16.9 Å². The second-order valence-corrected chi connectivity index (χ2v) is 5.34. The van der Waals surface area contributed by atoms with Gasteiger partial charge in [0.15, 0.2) is 0 Å². The van der Waals surface area contributed by atoms with Crippen LogP contribution in [-0.4, -0.2) is 37.9 Å². The van der Waals surface area contributed by atoms with E-state index in [-0.39, 0.29) is 18.3 Å². The Kier molecular flexibility index (Phi) is 6.68. The zero-order valence-electron chi connectivity index (χ0n) is 13.4. The molecule has 0 saturated carbocycles. The maximum Gasteiger partial charge on any atom is 0.416 e. The minimum absolute atomic E-state index is 0.0705. The molecule has 0 spiro atoms. The number of rotatable bonds is 6. The molecule has 5 nitrogen and oxygen atoms in total. The van der Waals surface area contributed by atoms with Crippen LogP contribution in [0.25, 0.3) is 0 Å². The van der Waals surface area contributed by atoms with Crippen molar-refractivity contribution >= 4 is 17.4 Å². The van der Waals surface area contributed by atoms with Gasteiger partial charge < -0.3 is 20.6 Å². The average Bonchev–Trinajstić information content (AvgIpc) is 2.45. The molecule has 8 heteroatoms. The lowest BCUT2D eigenvalue weighted by molar-refractivity contribution is -0.137. The van der Waals surface area contributed by atoms with E-state index in [1.807, 2.05) is 6.92 Å². The Labute approximate surface area is 133 Å². The Morgan fingerprint density at radius 3 is 2.48 bits per heavy atom. The van der Waals surface area contributed by atoms with E-state index in [1.165, 1.54) is 6.07 Å². The number of urea groups is 1. The van der Waals surface area contributed by atoms with Gasteiger partial charge in [-0.3, -0.25) is 0 Å². The molecule has 0 aliphatic carbocycles. The number of aliphatic hydroxyl groups excluding tert-OH is 1.